The average Bonchev–Trinajstić information content (AvgIpc) is 3.38. The summed E-state index contributed by atoms with van der Waals surface area (Å²) in [5, 5.41) is 5.48. The average molecular weight is 328 g/mol. The summed E-state index contributed by atoms with van der Waals surface area (Å²) in [6, 6.07) is 10.8. The van der Waals surface area contributed by atoms with E-state index in [9.17, 15) is 14.0 Å². The molecule has 6 heteroatoms. The lowest BCUT2D eigenvalue weighted by Gasteiger charge is -2.09. The van der Waals surface area contributed by atoms with E-state index in [0.717, 1.165) is 18.9 Å². The highest BCUT2D eigenvalue weighted by Crippen LogP contribution is 2.21. The topological polar surface area (TPSA) is 67.4 Å². The van der Waals surface area contributed by atoms with Crippen molar-refractivity contribution in [1.29, 1.82) is 0 Å². The molecule has 0 heterocycles. The summed E-state index contributed by atoms with van der Waals surface area (Å²) in [5.74, 6) is -1.10. The van der Waals surface area contributed by atoms with Crippen molar-refractivity contribution in [2.75, 3.05) is 12.4 Å². The molecule has 0 unspecified atom stereocenters. The third-order valence-corrected chi connectivity index (χ3v) is 3.72. The molecule has 2 N–H and O–H groups in total. The van der Waals surface area contributed by atoms with Crippen LogP contribution in [0.5, 0.6) is 5.75 Å². The van der Waals surface area contributed by atoms with Gasteiger partial charge in [0.05, 0.1) is 12.7 Å². The number of benzene rings is 2. The number of rotatable bonds is 5. The maximum absolute atomic E-state index is 13.9. The number of amides is 2. The first-order valence-corrected chi connectivity index (χ1v) is 7.62. The first-order chi connectivity index (χ1) is 11.6. The molecule has 124 valence electrons. The minimum absolute atomic E-state index is 0.0939. The molecule has 24 heavy (non-hydrogen) atoms. The van der Waals surface area contributed by atoms with E-state index in [-0.39, 0.29) is 17.5 Å². The normalized spacial score (nSPS) is 13.2. The van der Waals surface area contributed by atoms with Crippen LogP contribution in [0.1, 0.15) is 33.6 Å². The van der Waals surface area contributed by atoms with Crippen LogP contribution in [0.15, 0.2) is 42.5 Å². The van der Waals surface area contributed by atoms with Gasteiger partial charge in [0, 0.05) is 23.4 Å². The molecular formula is C18H17FN2O3. The zero-order chi connectivity index (χ0) is 17.1. The minimum Gasteiger partial charge on any atom is -0.497 e. The first-order valence-electron chi connectivity index (χ1n) is 7.62. The summed E-state index contributed by atoms with van der Waals surface area (Å²) in [7, 11) is 1.42. The van der Waals surface area contributed by atoms with Gasteiger partial charge >= 0.3 is 0 Å². The van der Waals surface area contributed by atoms with Crippen LogP contribution in [0.3, 0.4) is 0 Å². The van der Waals surface area contributed by atoms with E-state index in [2.05, 4.69) is 10.6 Å². The molecular weight excluding hydrogens is 311 g/mol. The van der Waals surface area contributed by atoms with Crippen LogP contribution in [-0.2, 0) is 0 Å². The van der Waals surface area contributed by atoms with E-state index >= 15 is 0 Å². The van der Waals surface area contributed by atoms with Crippen molar-refractivity contribution >= 4 is 17.5 Å². The van der Waals surface area contributed by atoms with E-state index < -0.39 is 11.7 Å². The summed E-state index contributed by atoms with van der Waals surface area (Å²) < 4.78 is 18.9. The Hall–Kier alpha value is -2.89. The Morgan fingerprint density at radius 1 is 1.12 bits per heavy atom. The van der Waals surface area contributed by atoms with Gasteiger partial charge < -0.3 is 15.4 Å². The minimum atomic E-state index is -0.672. The number of hydrogen-bond donors (Lipinski definition) is 2. The molecule has 0 atom stereocenters. The molecule has 2 amide bonds. The SMILES string of the molecule is COc1ccc(C(=O)Nc2cccc(C(=O)NC3CC3)c2)c(F)c1. The molecule has 0 bridgehead atoms. The summed E-state index contributed by atoms with van der Waals surface area (Å²) in [6.45, 7) is 0. The molecule has 1 aliphatic carbocycles. The monoisotopic (exact) mass is 328 g/mol. The molecule has 2 aromatic carbocycles. The van der Waals surface area contributed by atoms with Gasteiger partial charge in [-0.1, -0.05) is 6.07 Å². The van der Waals surface area contributed by atoms with Gasteiger partial charge in [0.2, 0.25) is 0 Å². The van der Waals surface area contributed by atoms with Crippen LogP contribution in [0, 0.1) is 5.82 Å². The number of carbonyl (C=O) groups is 2. The van der Waals surface area contributed by atoms with Gasteiger partial charge in [0.15, 0.2) is 0 Å². The fourth-order valence-corrected chi connectivity index (χ4v) is 2.24. The summed E-state index contributed by atoms with van der Waals surface area (Å²) in [6.07, 6.45) is 2.00. The van der Waals surface area contributed by atoms with Gasteiger partial charge in [-0.3, -0.25) is 9.59 Å². The molecule has 0 radical (unpaired) electrons. The van der Waals surface area contributed by atoms with Gasteiger partial charge in [-0.05, 0) is 43.2 Å². The fourth-order valence-electron chi connectivity index (χ4n) is 2.24. The molecule has 0 saturated heterocycles. The van der Waals surface area contributed by atoms with Crippen LogP contribution < -0.4 is 15.4 Å². The van der Waals surface area contributed by atoms with Gasteiger partial charge in [-0.2, -0.15) is 0 Å². The molecule has 3 rings (SSSR count). The number of halogens is 1. The van der Waals surface area contributed by atoms with Gasteiger partial charge in [0.25, 0.3) is 11.8 Å². The molecule has 2 aromatic rings. The van der Waals surface area contributed by atoms with Crippen molar-refractivity contribution in [2.45, 2.75) is 18.9 Å². The fraction of sp³-hybridized carbons (Fsp3) is 0.222. The second-order valence-corrected chi connectivity index (χ2v) is 5.63. The van der Waals surface area contributed by atoms with Crippen LogP contribution in [-0.4, -0.2) is 25.0 Å². The second-order valence-electron chi connectivity index (χ2n) is 5.63. The van der Waals surface area contributed by atoms with E-state index in [4.69, 9.17) is 4.74 Å². The quantitative estimate of drug-likeness (QED) is 0.887. The van der Waals surface area contributed by atoms with Gasteiger partial charge in [-0.15, -0.1) is 0 Å². The highest BCUT2D eigenvalue weighted by molar-refractivity contribution is 6.05. The van der Waals surface area contributed by atoms with Crippen LogP contribution in [0.25, 0.3) is 0 Å². The lowest BCUT2D eigenvalue weighted by atomic mass is 10.1. The number of carbonyl (C=O) groups excluding carboxylic acids is 2. The van der Waals surface area contributed by atoms with Crippen molar-refractivity contribution in [3.8, 4) is 5.75 Å². The number of anilines is 1. The Morgan fingerprint density at radius 2 is 1.92 bits per heavy atom. The zero-order valence-corrected chi connectivity index (χ0v) is 13.1. The smallest absolute Gasteiger partial charge is 0.258 e. The molecule has 1 fully saturated rings. The van der Waals surface area contributed by atoms with E-state index in [1.807, 2.05) is 0 Å². The van der Waals surface area contributed by atoms with Gasteiger partial charge in [-0.25, -0.2) is 4.39 Å². The summed E-state index contributed by atoms with van der Waals surface area (Å²) in [4.78, 5) is 24.2. The Balaban J connectivity index is 1.73. The van der Waals surface area contributed by atoms with Crippen molar-refractivity contribution in [3.63, 3.8) is 0 Å². The Morgan fingerprint density at radius 3 is 2.58 bits per heavy atom. The second kappa shape index (κ2) is 6.70. The Labute approximate surface area is 138 Å². The lowest BCUT2D eigenvalue weighted by Crippen LogP contribution is -2.25. The third kappa shape index (κ3) is 3.71. The van der Waals surface area contributed by atoms with Gasteiger partial charge in [0.1, 0.15) is 11.6 Å². The standard InChI is InChI=1S/C18H17FN2O3/c1-24-14-7-8-15(16(19)10-14)18(23)21-13-4-2-3-11(9-13)17(22)20-12-5-6-12/h2-4,7-10,12H,5-6H2,1H3,(H,20,22)(H,21,23). The van der Waals surface area contributed by atoms with Crippen molar-refractivity contribution in [2.24, 2.45) is 0 Å². The highest BCUT2D eigenvalue weighted by atomic mass is 19.1. The first kappa shape index (κ1) is 16.0. The van der Waals surface area contributed by atoms with Crippen LogP contribution in [0.4, 0.5) is 10.1 Å². The zero-order valence-electron chi connectivity index (χ0n) is 13.1. The molecule has 0 aromatic heterocycles. The predicted octanol–water partition coefficient (Wildman–Crippen LogP) is 2.98. The molecule has 0 spiro atoms. The third-order valence-electron chi connectivity index (χ3n) is 3.72. The van der Waals surface area contributed by atoms with Crippen molar-refractivity contribution in [3.05, 3.63) is 59.4 Å². The largest absolute Gasteiger partial charge is 0.497 e. The summed E-state index contributed by atoms with van der Waals surface area (Å²) >= 11 is 0. The molecule has 1 aliphatic rings. The Kier molecular flexibility index (Phi) is 4.46. The lowest BCUT2D eigenvalue weighted by molar-refractivity contribution is 0.0949. The molecule has 1 saturated carbocycles. The highest BCUT2D eigenvalue weighted by Gasteiger charge is 2.23. The molecule has 0 aliphatic heterocycles. The molecule has 5 nitrogen and oxygen atoms in total. The van der Waals surface area contributed by atoms with E-state index in [0.29, 0.717) is 17.0 Å². The number of hydrogen-bond acceptors (Lipinski definition) is 3. The predicted molar refractivity (Wildman–Crippen MR) is 87.8 cm³/mol. The number of methoxy groups -OCH3 is 1. The maximum Gasteiger partial charge on any atom is 0.258 e. The van der Waals surface area contributed by atoms with E-state index in [1.54, 1.807) is 24.3 Å². The van der Waals surface area contributed by atoms with E-state index in [1.165, 1.54) is 19.2 Å². The number of ether oxygens (including phenoxy) is 1. The van der Waals surface area contributed by atoms with Crippen LogP contribution in [0.2, 0.25) is 0 Å². The van der Waals surface area contributed by atoms with Crippen LogP contribution >= 0.6 is 0 Å². The maximum atomic E-state index is 13.9. The van der Waals surface area contributed by atoms with Crippen molar-refractivity contribution < 1.29 is 18.7 Å². The summed E-state index contributed by atoms with van der Waals surface area (Å²) in [5.41, 5.74) is 0.789. The van der Waals surface area contributed by atoms with Crippen molar-refractivity contribution in [1.82, 2.24) is 5.32 Å². The Bertz CT molecular complexity index is 788. The number of nitrogens with one attached hydrogen (secondary N) is 2.